The summed E-state index contributed by atoms with van der Waals surface area (Å²) in [6.45, 7) is 1.78. The molecule has 0 unspecified atom stereocenters. The highest BCUT2D eigenvalue weighted by molar-refractivity contribution is 7.99. The van der Waals surface area contributed by atoms with Gasteiger partial charge in [-0.15, -0.1) is 10.2 Å². The van der Waals surface area contributed by atoms with Crippen molar-refractivity contribution in [2.75, 3.05) is 5.75 Å². The second kappa shape index (κ2) is 4.58. The number of aliphatic carboxylic acids is 1. The Morgan fingerprint density at radius 3 is 2.94 bits per heavy atom. The molecule has 0 atom stereocenters. The van der Waals surface area contributed by atoms with Crippen LogP contribution in [0.25, 0.3) is 11.4 Å². The van der Waals surface area contributed by atoms with Crippen LogP contribution in [0.1, 0.15) is 5.76 Å². The normalized spacial score (nSPS) is 10.7. The fourth-order valence-electron chi connectivity index (χ4n) is 1.31. The third-order valence-electron chi connectivity index (χ3n) is 2.15. The lowest BCUT2D eigenvalue weighted by molar-refractivity contribution is -0.133. The maximum atomic E-state index is 10.5. The van der Waals surface area contributed by atoms with Crippen LogP contribution in [0.2, 0.25) is 0 Å². The number of aromatic nitrogens is 4. The summed E-state index contributed by atoms with van der Waals surface area (Å²) in [5.74, 6) is 0.321. The minimum absolute atomic E-state index is 0.0470. The molecule has 7 nitrogen and oxygen atoms in total. The Balaban J connectivity index is 2.27. The summed E-state index contributed by atoms with van der Waals surface area (Å²) in [4.78, 5) is 10.5. The number of carboxylic acids is 1. The van der Waals surface area contributed by atoms with Gasteiger partial charge in [0.15, 0.2) is 11.0 Å². The number of rotatable bonds is 4. The van der Waals surface area contributed by atoms with Crippen LogP contribution in [-0.4, -0.2) is 36.7 Å². The number of carboxylic acid groups (broad SMARTS) is 1. The first kappa shape index (κ1) is 11.6. The van der Waals surface area contributed by atoms with Crippen molar-refractivity contribution in [2.45, 2.75) is 12.1 Å². The minimum Gasteiger partial charge on any atom is -0.481 e. The van der Waals surface area contributed by atoms with Gasteiger partial charge in [0.1, 0.15) is 5.76 Å². The second-order valence-electron chi connectivity index (χ2n) is 3.34. The monoisotopic (exact) mass is 254 g/mol. The molecule has 0 aliphatic heterocycles. The van der Waals surface area contributed by atoms with Crippen molar-refractivity contribution in [3.63, 3.8) is 0 Å². The number of carbonyl (C=O) groups is 1. The van der Waals surface area contributed by atoms with E-state index in [9.17, 15) is 4.79 Å². The predicted octanol–water partition coefficient (Wildman–Crippen LogP) is 0.955. The molecule has 90 valence electrons. The van der Waals surface area contributed by atoms with Crippen molar-refractivity contribution >= 4 is 17.7 Å². The first-order valence-corrected chi connectivity index (χ1v) is 5.73. The van der Waals surface area contributed by atoms with Crippen LogP contribution in [0.3, 0.4) is 0 Å². The highest BCUT2D eigenvalue weighted by atomic mass is 32.2. The van der Waals surface area contributed by atoms with Gasteiger partial charge in [0.2, 0.25) is 0 Å². The van der Waals surface area contributed by atoms with Gasteiger partial charge in [0.05, 0.1) is 17.5 Å². The molecule has 0 bridgehead atoms. The van der Waals surface area contributed by atoms with Gasteiger partial charge < -0.3 is 14.2 Å². The van der Waals surface area contributed by atoms with E-state index in [2.05, 4.69) is 15.4 Å². The average molecular weight is 254 g/mol. The first-order chi connectivity index (χ1) is 8.09. The summed E-state index contributed by atoms with van der Waals surface area (Å²) in [5.41, 5.74) is 0.752. The summed E-state index contributed by atoms with van der Waals surface area (Å²) in [6.07, 6.45) is 1.56. The topological polar surface area (TPSA) is 94.0 Å². The van der Waals surface area contributed by atoms with Crippen molar-refractivity contribution in [1.29, 1.82) is 0 Å². The lowest BCUT2D eigenvalue weighted by Crippen LogP contribution is -2.01. The van der Waals surface area contributed by atoms with Crippen LogP contribution < -0.4 is 0 Å². The maximum Gasteiger partial charge on any atom is 0.313 e. The molecular formula is C9H10N4O3S. The van der Waals surface area contributed by atoms with Crippen molar-refractivity contribution in [1.82, 2.24) is 19.9 Å². The maximum absolute atomic E-state index is 10.5. The molecule has 0 aliphatic rings. The van der Waals surface area contributed by atoms with Crippen molar-refractivity contribution in [3.05, 3.63) is 12.0 Å². The van der Waals surface area contributed by atoms with E-state index in [1.165, 1.54) is 0 Å². The van der Waals surface area contributed by atoms with E-state index in [4.69, 9.17) is 9.63 Å². The first-order valence-electron chi connectivity index (χ1n) is 4.75. The number of hydrogen-bond donors (Lipinski definition) is 1. The summed E-state index contributed by atoms with van der Waals surface area (Å²) in [5, 5.41) is 20.7. The molecule has 0 fully saturated rings. The van der Waals surface area contributed by atoms with Crippen molar-refractivity contribution in [3.8, 4) is 11.4 Å². The number of thioether (sulfide) groups is 1. The zero-order valence-electron chi connectivity index (χ0n) is 9.25. The lowest BCUT2D eigenvalue weighted by atomic mass is 10.2. The van der Waals surface area contributed by atoms with E-state index in [0.29, 0.717) is 16.7 Å². The molecule has 0 aromatic carbocycles. The zero-order valence-corrected chi connectivity index (χ0v) is 10.1. The average Bonchev–Trinajstić information content (AvgIpc) is 2.82. The van der Waals surface area contributed by atoms with Crippen LogP contribution in [0.5, 0.6) is 0 Å². The Kier molecular flexibility index (Phi) is 3.14. The molecule has 0 saturated carbocycles. The SMILES string of the molecule is Cc1oncc1-c1nnc(SCC(=O)O)n1C. The Labute approximate surface area is 101 Å². The van der Waals surface area contributed by atoms with Crippen LogP contribution >= 0.6 is 11.8 Å². The summed E-state index contributed by atoms with van der Waals surface area (Å²) >= 11 is 1.12. The molecule has 0 saturated heterocycles. The molecule has 2 aromatic rings. The molecule has 8 heteroatoms. The third kappa shape index (κ3) is 2.31. The molecule has 1 N–H and O–H groups in total. The van der Waals surface area contributed by atoms with E-state index < -0.39 is 5.97 Å². The molecule has 17 heavy (non-hydrogen) atoms. The molecule has 2 aromatic heterocycles. The second-order valence-corrected chi connectivity index (χ2v) is 4.29. The molecule has 0 aliphatic carbocycles. The van der Waals surface area contributed by atoms with Gasteiger partial charge in [0, 0.05) is 7.05 Å². The zero-order chi connectivity index (χ0) is 12.4. The van der Waals surface area contributed by atoms with Crippen molar-refractivity contribution < 1.29 is 14.4 Å². The quantitative estimate of drug-likeness (QED) is 0.812. The van der Waals surface area contributed by atoms with E-state index in [1.54, 1.807) is 24.7 Å². The van der Waals surface area contributed by atoms with Crippen LogP contribution in [0, 0.1) is 6.92 Å². The Morgan fingerprint density at radius 2 is 2.35 bits per heavy atom. The number of hydrogen-bond acceptors (Lipinski definition) is 6. The number of aryl methyl sites for hydroxylation is 1. The van der Waals surface area contributed by atoms with Gasteiger partial charge in [-0.1, -0.05) is 16.9 Å². The van der Waals surface area contributed by atoms with E-state index in [0.717, 1.165) is 17.3 Å². The van der Waals surface area contributed by atoms with Gasteiger partial charge in [0.25, 0.3) is 0 Å². The summed E-state index contributed by atoms with van der Waals surface area (Å²) in [6, 6.07) is 0. The van der Waals surface area contributed by atoms with Crippen LogP contribution in [-0.2, 0) is 11.8 Å². The fourth-order valence-corrected chi connectivity index (χ4v) is 1.95. The smallest absolute Gasteiger partial charge is 0.313 e. The molecule has 2 rings (SSSR count). The molecule has 0 spiro atoms. The van der Waals surface area contributed by atoms with Gasteiger partial charge in [-0.05, 0) is 6.92 Å². The van der Waals surface area contributed by atoms with Crippen LogP contribution in [0.4, 0.5) is 0 Å². The molecule has 0 amide bonds. The third-order valence-corrected chi connectivity index (χ3v) is 3.16. The predicted molar refractivity (Wildman–Crippen MR) is 59.6 cm³/mol. The van der Waals surface area contributed by atoms with Gasteiger partial charge in [-0.2, -0.15) is 0 Å². The highest BCUT2D eigenvalue weighted by Crippen LogP contribution is 2.24. The highest BCUT2D eigenvalue weighted by Gasteiger charge is 2.16. The minimum atomic E-state index is -0.888. The number of nitrogens with zero attached hydrogens (tertiary/aromatic N) is 4. The van der Waals surface area contributed by atoms with Gasteiger partial charge in [-0.3, -0.25) is 4.79 Å². The van der Waals surface area contributed by atoms with E-state index >= 15 is 0 Å². The Bertz CT molecular complexity index is 548. The largest absolute Gasteiger partial charge is 0.481 e. The van der Waals surface area contributed by atoms with Gasteiger partial charge in [-0.25, -0.2) is 0 Å². The fraction of sp³-hybridized carbons (Fsp3) is 0.333. The lowest BCUT2D eigenvalue weighted by Gasteiger charge is -2.00. The van der Waals surface area contributed by atoms with Gasteiger partial charge >= 0.3 is 5.97 Å². The Hall–Kier alpha value is -1.83. The van der Waals surface area contributed by atoms with E-state index in [-0.39, 0.29) is 5.75 Å². The molecule has 0 radical (unpaired) electrons. The summed E-state index contributed by atoms with van der Waals surface area (Å²) < 4.78 is 6.66. The molecule has 2 heterocycles. The van der Waals surface area contributed by atoms with Crippen molar-refractivity contribution in [2.24, 2.45) is 7.05 Å². The summed E-state index contributed by atoms with van der Waals surface area (Å²) in [7, 11) is 1.77. The van der Waals surface area contributed by atoms with Crippen LogP contribution in [0.15, 0.2) is 15.9 Å². The molecular weight excluding hydrogens is 244 g/mol. The Morgan fingerprint density at radius 1 is 1.59 bits per heavy atom. The van der Waals surface area contributed by atoms with E-state index in [1.807, 2.05) is 0 Å². The standard InChI is InChI=1S/C9H10N4O3S/c1-5-6(3-10-16-5)8-11-12-9(13(8)2)17-4-7(14)15/h3H,4H2,1-2H3,(H,14,15).